The third kappa shape index (κ3) is 1.93. The number of hydrogen-bond acceptors (Lipinski definition) is 4. The average molecular weight is 220 g/mol. The summed E-state index contributed by atoms with van der Waals surface area (Å²) < 4.78 is 10.6. The predicted molar refractivity (Wildman–Crippen MR) is 62.1 cm³/mol. The minimum Gasteiger partial charge on any atom is -0.454 e. The van der Waals surface area contributed by atoms with Crippen molar-refractivity contribution in [3.05, 3.63) is 18.2 Å². The van der Waals surface area contributed by atoms with Gasteiger partial charge in [-0.1, -0.05) is 0 Å². The number of nitrogens with one attached hydrogen (secondary N) is 2. The van der Waals surface area contributed by atoms with Gasteiger partial charge in [0, 0.05) is 17.8 Å². The highest BCUT2D eigenvalue weighted by atomic mass is 16.7. The van der Waals surface area contributed by atoms with Gasteiger partial charge in [-0.3, -0.25) is 0 Å². The maximum atomic E-state index is 5.35. The molecule has 0 aromatic heterocycles. The summed E-state index contributed by atoms with van der Waals surface area (Å²) in [5.74, 6) is 1.69. The van der Waals surface area contributed by atoms with Gasteiger partial charge in [0.1, 0.15) is 0 Å². The number of rotatable bonds is 2. The molecule has 0 atom stereocenters. The molecule has 0 radical (unpaired) electrons. The van der Waals surface area contributed by atoms with E-state index in [2.05, 4.69) is 16.7 Å². The van der Waals surface area contributed by atoms with Crippen LogP contribution in [0.5, 0.6) is 11.5 Å². The molecule has 0 unspecified atom stereocenters. The Hall–Kier alpha value is -1.42. The minimum absolute atomic E-state index is 0.339. The van der Waals surface area contributed by atoms with Crippen LogP contribution in [0.1, 0.15) is 12.8 Å². The molecule has 1 aromatic carbocycles. The Kier molecular flexibility index (Phi) is 2.58. The number of fused-ring (bicyclic) bond motifs is 1. The van der Waals surface area contributed by atoms with Gasteiger partial charge in [0.15, 0.2) is 11.5 Å². The van der Waals surface area contributed by atoms with E-state index in [1.54, 1.807) is 0 Å². The zero-order valence-electron chi connectivity index (χ0n) is 9.16. The van der Waals surface area contributed by atoms with Gasteiger partial charge in [0.05, 0.1) is 0 Å². The van der Waals surface area contributed by atoms with Crippen LogP contribution < -0.4 is 20.1 Å². The van der Waals surface area contributed by atoms with Crippen LogP contribution in [-0.4, -0.2) is 25.9 Å². The SMILES string of the molecule is c1cc2c(cc1NC1CCNCC1)OCO2. The lowest BCUT2D eigenvalue weighted by molar-refractivity contribution is 0.174. The van der Waals surface area contributed by atoms with Crippen LogP contribution in [0.3, 0.4) is 0 Å². The lowest BCUT2D eigenvalue weighted by Crippen LogP contribution is -2.35. The Balaban J connectivity index is 1.69. The van der Waals surface area contributed by atoms with E-state index in [1.807, 2.05) is 12.1 Å². The van der Waals surface area contributed by atoms with Crippen molar-refractivity contribution < 1.29 is 9.47 Å². The molecule has 0 saturated carbocycles. The van der Waals surface area contributed by atoms with Crippen LogP contribution in [0, 0.1) is 0 Å². The molecule has 3 rings (SSSR count). The maximum Gasteiger partial charge on any atom is 0.231 e. The summed E-state index contributed by atoms with van der Waals surface area (Å²) in [5.41, 5.74) is 1.12. The van der Waals surface area contributed by atoms with Gasteiger partial charge >= 0.3 is 0 Å². The lowest BCUT2D eigenvalue weighted by atomic mass is 10.1. The summed E-state index contributed by atoms with van der Waals surface area (Å²) in [6, 6.07) is 6.60. The molecule has 1 saturated heterocycles. The molecule has 0 aliphatic carbocycles. The maximum absolute atomic E-state index is 5.35. The number of anilines is 1. The summed E-state index contributed by atoms with van der Waals surface area (Å²) in [4.78, 5) is 0. The first kappa shape index (κ1) is 9.78. The van der Waals surface area contributed by atoms with E-state index in [9.17, 15) is 0 Å². The highest BCUT2D eigenvalue weighted by Gasteiger charge is 2.16. The van der Waals surface area contributed by atoms with Gasteiger partial charge < -0.3 is 20.1 Å². The number of piperidine rings is 1. The third-order valence-corrected chi connectivity index (χ3v) is 3.08. The summed E-state index contributed by atoms with van der Waals surface area (Å²) in [5, 5.41) is 6.89. The van der Waals surface area contributed by atoms with Gasteiger partial charge in [-0.05, 0) is 38.1 Å². The molecular weight excluding hydrogens is 204 g/mol. The van der Waals surface area contributed by atoms with Crippen molar-refractivity contribution in [3.63, 3.8) is 0 Å². The molecule has 2 heterocycles. The van der Waals surface area contributed by atoms with E-state index in [0.717, 1.165) is 30.3 Å². The van der Waals surface area contributed by atoms with Crippen LogP contribution in [0.2, 0.25) is 0 Å². The average Bonchev–Trinajstić information content (AvgIpc) is 2.77. The van der Waals surface area contributed by atoms with E-state index < -0.39 is 0 Å². The van der Waals surface area contributed by atoms with E-state index in [1.165, 1.54) is 12.8 Å². The fraction of sp³-hybridized carbons (Fsp3) is 0.500. The van der Waals surface area contributed by atoms with Gasteiger partial charge in [0.2, 0.25) is 6.79 Å². The summed E-state index contributed by atoms with van der Waals surface area (Å²) >= 11 is 0. The molecule has 16 heavy (non-hydrogen) atoms. The standard InChI is InChI=1S/C12H16N2O2/c1-2-11-12(16-8-15-11)7-10(1)14-9-3-5-13-6-4-9/h1-2,7,9,13-14H,3-6,8H2. The van der Waals surface area contributed by atoms with E-state index in [4.69, 9.17) is 9.47 Å². The molecule has 2 aliphatic rings. The molecule has 86 valence electrons. The molecule has 0 spiro atoms. The monoisotopic (exact) mass is 220 g/mol. The van der Waals surface area contributed by atoms with Crippen LogP contribution in [0.15, 0.2) is 18.2 Å². The molecule has 1 fully saturated rings. The van der Waals surface area contributed by atoms with Gasteiger partial charge in [-0.15, -0.1) is 0 Å². The lowest BCUT2D eigenvalue weighted by Gasteiger charge is -2.24. The second-order valence-corrected chi connectivity index (χ2v) is 4.24. The zero-order valence-corrected chi connectivity index (χ0v) is 9.16. The van der Waals surface area contributed by atoms with Gasteiger partial charge in [-0.2, -0.15) is 0 Å². The van der Waals surface area contributed by atoms with E-state index in [-0.39, 0.29) is 0 Å². The van der Waals surface area contributed by atoms with E-state index in [0.29, 0.717) is 12.8 Å². The Morgan fingerprint density at radius 1 is 1.12 bits per heavy atom. The molecule has 2 N–H and O–H groups in total. The molecule has 4 heteroatoms. The van der Waals surface area contributed by atoms with Gasteiger partial charge in [-0.25, -0.2) is 0 Å². The molecule has 2 aliphatic heterocycles. The third-order valence-electron chi connectivity index (χ3n) is 3.08. The van der Waals surface area contributed by atoms with Crippen molar-refractivity contribution in [3.8, 4) is 11.5 Å². The summed E-state index contributed by atoms with van der Waals surface area (Å²) in [6.45, 7) is 2.54. The first-order valence-electron chi connectivity index (χ1n) is 5.79. The Bertz CT molecular complexity index is 375. The Morgan fingerprint density at radius 3 is 2.81 bits per heavy atom. The van der Waals surface area contributed by atoms with Crippen LogP contribution in [-0.2, 0) is 0 Å². The molecule has 4 nitrogen and oxygen atoms in total. The molecule has 0 amide bonds. The molecule has 0 bridgehead atoms. The second kappa shape index (κ2) is 4.22. The predicted octanol–water partition coefficient (Wildman–Crippen LogP) is 1.58. The van der Waals surface area contributed by atoms with Crippen molar-refractivity contribution in [1.29, 1.82) is 0 Å². The summed E-state index contributed by atoms with van der Waals surface area (Å²) in [7, 11) is 0. The Morgan fingerprint density at radius 2 is 1.94 bits per heavy atom. The topological polar surface area (TPSA) is 42.5 Å². The van der Waals surface area contributed by atoms with Gasteiger partial charge in [0.25, 0.3) is 0 Å². The minimum atomic E-state index is 0.339. The van der Waals surface area contributed by atoms with Crippen molar-refractivity contribution in [2.24, 2.45) is 0 Å². The quantitative estimate of drug-likeness (QED) is 0.794. The first-order valence-corrected chi connectivity index (χ1v) is 5.79. The fourth-order valence-corrected chi connectivity index (χ4v) is 2.19. The number of ether oxygens (including phenoxy) is 2. The smallest absolute Gasteiger partial charge is 0.231 e. The summed E-state index contributed by atoms with van der Waals surface area (Å²) in [6.07, 6.45) is 2.35. The van der Waals surface area contributed by atoms with Crippen molar-refractivity contribution in [2.45, 2.75) is 18.9 Å². The van der Waals surface area contributed by atoms with E-state index >= 15 is 0 Å². The van der Waals surface area contributed by atoms with Crippen LogP contribution in [0.4, 0.5) is 5.69 Å². The van der Waals surface area contributed by atoms with Crippen LogP contribution in [0.25, 0.3) is 0 Å². The second-order valence-electron chi connectivity index (χ2n) is 4.24. The number of hydrogen-bond donors (Lipinski definition) is 2. The van der Waals surface area contributed by atoms with Crippen molar-refractivity contribution in [2.75, 3.05) is 25.2 Å². The van der Waals surface area contributed by atoms with Crippen molar-refractivity contribution in [1.82, 2.24) is 5.32 Å². The number of benzene rings is 1. The Labute approximate surface area is 94.9 Å². The molecule has 1 aromatic rings. The largest absolute Gasteiger partial charge is 0.454 e. The highest BCUT2D eigenvalue weighted by molar-refractivity contribution is 5.56. The van der Waals surface area contributed by atoms with Crippen molar-refractivity contribution >= 4 is 5.69 Å². The first-order chi connectivity index (χ1) is 7.92. The van der Waals surface area contributed by atoms with Crippen LogP contribution >= 0.6 is 0 Å². The zero-order chi connectivity index (χ0) is 10.8. The normalized spacial score (nSPS) is 19.8. The highest BCUT2D eigenvalue weighted by Crippen LogP contribution is 2.34. The fourth-order valence-electron chi connectivity index (χ4n) is 2.19. The molecular formula is C12H16N2O2.